The Bertz CT molecular complexity index is 1160. The van der Waals surface area contributed by atoms with Crippen LogP contribution in [0.2, 0.25) is 0 Å². The molecule has 1 atom stereocenters. The third-order valence-electron chi connectivity index (χ3n) is 6.88. The fraction of sp³-hybridized carbons (Fsp3) is 0.444. The van der Waals surface area contributed by atoms with Gasteiger partial charge < -0.3 is 14.4 Å². The molecular weight excluding hydrogens is 478 g/mol. The molecule has 0 aliphatic carbocycles. The standard InChI is InChI=1S/C27H35N3O5S/c1-34-24-12-13-25(35-2)26(20-24)36(32,33)30-15-7-11-23(21-30)27(31)29-18-16-28(17-19-29)14-6-10-22-8-4-3-5-9-22/h3-6,8-10,12-13,20,23H,7,11,14-19,21H2,1-2H3/b10-6+/t23-/m0/s1. The number of hydrogen-bond donors (Lipinski definition) is 0. The summed E-state index contributed by atoms with van der Waals surface area (Å²) in [6, 6.07) is 14.9. The molecule has 2 aromatic rings. The molecule has 4 rings (SSSR count). The molecule has 0 saturated carbocycles. The normalized spacial score (nSPS) is 19.9. The van der Waals surface area contributed by atoms with E-state index in [1.54, 1.807) is 12.1 Å². The van der Waals surface area contributed by atoms with Crippen molar-refractivity contribution in [3.8, 4) is 11.5 Å². The second-order valence-corrected chi connectivity index (χ2v) is 11.1. The van der Waals surface area contributed by atoms with Crippen molar-refractivity contribution in [3.63, 3.8) is 0 Å². The molecule has 0 radical (unpaired) electrons. The maximum atomic E-state index is 13.5. The first-order valence-corrected chi connectivity index (χ1v) is 13.8. The van der Waals surface area contributed by atoms with Crippen LogP contribution in [0.15, 0.2) is 59.5 Å². The van der Waals surface area contributed by atoms with Gasteiger partial charge in [0.05, 0.1) is 20.1 Å². The zero-order chi connectivity index (χ0) is 25.5. The van der Waals surface area contributed by atoms with E-state index in [0.717, 1.165) is 19.6 Å². The molecule has 2 heterocycles. The lowest BCUT2D eigenvalue weighted by molar-refractivity contribution is -0.138. The van der Waals surface area contributed by atoms with E-state index in [1.165, 1.54) is 30.2 Å². The van der Waals surface area contributed by atoms with Gasteiger partial charge in [-0.3, -0.25) is 9.69 Å². The lowest BCUT2D eigenvalue weighted by Gasteiger charge is -2.38. The summed E-state index contributed by atoms with van der Waals surface area (Å²) in [5, 5.41) is 0. The van der Waals surface area contributed by atoms with Crippen molar-refractivity contribution in [2.45, 2.75) is 17.7 Å². The van der Waals surface area contributed by atoms with Crippen molar-refractivity contribution < 1.29 is 22.7 Å². The van der Waals surface area contributed by atoms with Crippen molar-refractivity contribution in [3.05, 3.63) is 60.2 Å². The summed E-state index contributed by atoms with van der Waals surface area (Å²) in [4.78, 5) is 17.6. The molecule has 2 saturated heterocycles. The van der Waals surface area contributed by atoms with E-state index < -0.39 is 10.0 Å². The lowest BCUT2D eigenvalue weighted by atomic mass is 9.98. The van der Waals surface area contributed by atoms with Crippen molar-refractivity contribution in [2.24, 2.45) is 5.92 Å². The minimum absolute atomic E-state index is 0.0481. The summed E-state index contributed by atoms with van der Waals surface area (Å²) < 4.78 is 38.9. The van der Waals surface area contributed by atoms with Crippen LogP contribution < -0.4 is 9.47 Å². The summed E-state index contributed by atoms with van der Waals surface area (Å²) >= 11 is 0. The molecular formula is C27H35N3O5S. The zero-order valence-electron chi connectivity index (χ0n) is 21.0. The quantitative estimate of drug-likeness (QED) is 0.540. The average Bonchev–Trinajstić information content (AvgIpc) is 2.93. The summed E-state index contributed by atoms with van der Waals surface area (Å²) in [5.41, 5.74) is 1.18. The van der Waals surface area contributed by atoms with Gasteiger partial charge in [-0.2, -0.15) is 4.31 Å². The number of piperazine rings is 1. The Morgan fingerprint density at radius 2 is 1.75 bits per heavy atom. The number of hydrogen-bond acceptors (Lipinski definition) is 6. The molecule has 0 bridgehead atoms. The number of methoxy groups -OCH3 is 2. The summed E-state index contributed by atoms with van der Waals surface area (Å²) in [7, 11) is -0.897. The third kappa shape index (κ3) is 6.08. The number of carbonyl (C=O) groups is 1. The minimum atomic E-state index is -3.83. The predicted molar refractivity (Wildman–Crippen MR) is 140 cm³/mol. The number of ether oxygens (including phenoxy) is 2. The molecule has 36 heavy (non-hydrogen) atoms. The Hall–Kier alpha value is -2.88. The highest BCUT2D eigenvalue weighted by Gasteiger charge is 2.37. The maximum absolute atomic E-state index is 13.5. The molecule has 1 amide bonds. The molecule has 2 aromatic carbocycles. The fourth-order valence-electron chi connectivity index (χ4n) is 4.80. The highest BCUT2D eigenvalue weighted by Crippen LogP contribution is 2.33. The van der Waals surface area contributed by atoms with Crippen LogP contribution in [0.4, 0.5) is 0 Å². The highest BCUT2D eigenvalue weighted by atomic mass is 32.2. The Morgan fingerprint density at radius 1 is 1.00 bits per heavy atom. The van der Waals surface area contributed by atoms with E-state index in [9.17, 15) is 13.2 Å². The maximum Gasteiger partial charge on any atom is 0.246 e. The summed E-state index contributed by atoms with van der Waals surface area (Å²) in [6.07, 6.45) is 5.61. The molecule has 9 heteroatoms. The van der Waals surface area contributed by atoms with Crippen LogP contribution in [0.25, 0.3) is 6.08 Å². The number of benzene rings is 2. The van der Waals surface area contributed by atoms with Crippen LogP contribution in [-0.2, 0) is 14.8 Å². The van der Waals surface area contributed by atoms with Crippen LogP contribution in [-0.4, -0.2) is 88.5 Å². The molecule has 0 spiro atoms. The summed E-state index contributed by atoms with van der Waals surface area (Å²) in [5.74, 6) is 0.416. The van der Waals surface area contributed by atoms with Crippen LogP contribution in [0.3, 0.4) is 0 Å². The molecule has 0 aromatic heterocycles. The van der Waals surface area contributed by atoms with Gasteiger partial charge in [-0.15, -0.1) is 0 Å². The molecule has 0 N–H and O–H groups in total. The van der Waals surface area contributed by atoms with Gasteiger partial charge in [0.1, 0.15) is 16.4 Å². The first-order chi connectivity index (χ1) is 17.4. The third-order valence-corrected chi connectivity index (χ3v) is 8.77. The Morgan fingerprint density at radius 3 is 2.44 bits per heavy atom. The lowest BCUT2D eigenvalue weighted by Crippen LogP contribution is -2.53. The second-order valence-electron chi connectivity index (χ2n) is 9.16. The molecule has 2 fully saturated rings. The SMILES string of the molecule is COc1ccc(OC)c(S(=O)(=O)N2CCC[C@H](C(=O)N3CCN(C/C=C/c4ccccc4)CC3)C2)c1. The van der Waals surface area contributed by atoms with Gasteiger partial charge in [-0.1, -0.05) is 42.5 Å². The Kier molecular flexibility index (Phi) is 8.66. The van der Waals surface area contributed by atoms with Crippen LogP contribution in [0, 0.1) is 5.92 Å². The van der Waals surface area contributed by atoms with Gasteiger partial charge >= 0.3 is 0 Å². The monoisotopic (exact) mass is 513 g/mol. The van der Waals surface area contributed by atoms with E-state index >= 15 is 0 Å². The first kappa shape index (κ1) is 26.2. The topological polar surface area (TPSA) is 79.4 Å². The largest absolute Gasteiger partial charge is 0.497 e. The van der Waals surface area contributed by atoms with Gasteiger partial charge in [0.25, 0.3) is 0 Å². The van der Waals surface area contributed by atoms with E-state index in [-0.39, 0.29) is 29.0 Å². The minimum Gasteiger partial charge on any atom is -0.497 e. The van der Waals surface area contributed by atoms with Crippen molar-refractivity contribution in [1.82, 2.24) is 14.1 Å². The predicted octanol–water partition coefficient (Wildman–Crippen LogP) is 2.96. The summed E-state index contributed by atoms with van der Waals surface area (Å²) in [6.45, 7) is 4.33. The number of piperidine rings is 1. The number of sulfonamides is 1. The smallest absolute Gasteiger partial charge is 0.246 e. The Labute approximate surface area is 214 Å². The Balaban J connectivity index is 1.34. The zero-order valence-corrected chi connectivity index (χ0v) is 21.8. The number of rotatable bonds is 8. The molecule has 8 nitrogen and oxygen atoms in total. The number of amides is 1. The van der Waals surface area contributed by atoms with Gasteiger partial charge in [0.15, 0.2) is 0 Å². The second kappa shape index (κ2) is 11.9. The number of nitrogens with zero attached hydrogens (tertiary/aromatic N) is 3. The average molecular weight is 514 g/mol. The molecule has 2 aliphatic rings. The molecule has 2 aliphatic heterocycles. The number of carbonyl (C=O) groups excluding carboxylic acids is 1. The van der Waals surface area contributed by atoms with Gasteiger partial charge in [-0.25, -0.2) is 8.42 Å². The van der Waals surface area contributed by atoms with Gasteiger partial charge in [-0.05, 0) is 30.5 Å². The van der Waals surface area contributed by atoms with Crippen LogP contribution in [0.1, 0.15) is 18.4 Å². The first-order valence-electron chi connectivity index (χ1n) is 12.4. The van der Waals surface area contributed by atoms with Crippen LogP contribution in [0.5, 0.6) is 11.5 Å². The van der Waals surface area contributed by atoms with E-state index in [4.69, 9.17) is 9.47 Å². The van der Waals surface area contributed by atoms with Crippen molar-refractivity contribution in [1.29, 1.82) is 0 Å². The van der Waals surface area contributed by atoms with Gasteiger partial charge in [0, 0.05) is 51.9 Å². The fourth-order valence-corrected chi connectivity index (χ4v) is 6.49. The molecule has 194 valence electrons. The van der Waals surface area contributed by atoms with Crippen LogP contribution >= 0.6 is 0 Å². The van der Waals surface area contributed by atoms with Crippen molar-refractivity contribution in [2.75, 3.05) is 60.0 Å². The van der Waals surface area contributed by atoms with Gasteiger partial charge in [0.2, 0.25) is 15.9 Å². The van der Waals surface area contributed by atoms with Crippen molar-refractivity contribution >= 4 is 22.0 Å². The van der Waals surface area contributed by atoms with E-state index in [0.29, 0.717) is 38.2 Å². The van der Waals surface area contributed by atoms with E-state index in [2.05, 4.69) is 29.2 Å². The molecule has 0 unspecified atom stereocenters. The van der Waals surface area contributed by atoms with E-state index in [1.807, 2.05) is 23.1 Å². The highest BCUT2D eigenvalue weighted by molar-refractivity contribution is 7.89.